The molecule has 1 atom stereocenters. The van der Waals surface area contributed by atoms with Crippen molar-refractivity contribution in [1.29, 1.82) is 0 Å². The third-order valence-electron chi connectivity index (χ3n) is 0.514. The molecule has 0 spiro atoms. The lowest BCUT2D eigenvalue weighted by atomic mass is 10.4. The van der Waals surface area contributed by atoms with Crippen molar-refractivity contribution < 1.29 is 27.4 Å². The first-order chi connectivity index (χ1) is 5.18. The average molecular weight is 219 g/mol. The molecule has 12 heavy (non-hydrogen) atoms. The molecule has 0 aliphatic rings. The lowest BCUT2D eigenvalue weighted by molar-refractivity contribution is -0.137. The summed E-state index contributed by atoms with van der Waals surface area (Å²) in [5, 5.41) is 8.01. The number of carboxylic acids is 1. The van der Waals surface area contributed by atoms with E-state index in [-0.39, 0.29) is 5.75 Å². The van der Waals surface area contributed by atoms with E-state index in [0.717, 1.165) is 0 Å². The summed E-state index contributed by atoms with van der Waals surface area (Å²) in [5.41, 5.74) is 4.94. The molecule has 0 aliphatic carbocycles. The number of carbonyl (C=O) groups is 1. The first-order valence-electron chi connectivity index (χ1n) is 2.47. The molecule has 7 nitrogen and oxygen atoms in total. The Bertz CT molecular complexity index is 215. The standard InChI is InChI=1S/C3H7NO2S.H2O4S/c4-2(1-7)3(5)6;1-5(2,3)4/h2,7H,1,4H2,(H,5,6);(H2,1,2,3,4)/t2-;/m0./s1. The van der Waals surface area contributed by atoms with Crippen LogP contribution in [0.1, 0.15) is 0 Å². The Morgan fingerprint density at radius 1 is 1.50 bits per heavy atom. The molecule has 0 amide bonds. The van der Waals surface area contributed by atoms with Crippen LogP contribution in [0.15, 0.2) is 0 Å². The topological polar surface area (TPSA) is 138 Å². The Morgan fingerprint density at radius 2 is 1.75 bits per heavy atom. The van der Waals surface area contributed by atoms with E-state index < -0.39 is 22.4 Å². The maximum absolute atomic E-state index is 9.76. The maximum atomic E-state index is 9.76. The van der Waals surface area contributed by atoms with E-state index in [1.807, 2.05) is 0 Å². The zero-order valence-corrected chi connectivity index (χ0v) is 7.49. The van der Waals surface area contributed by atoms with Crippen molar-refractivity contribution in [2.75, 3.05) is 5.75 Å². The number of nitrogens with two attached hydrogens (primary N) is 1. The smallest absolute Gasteiger partial charge is 0.394 e. The molecule has 0 heterocycles. The first-order valence-corrected chi connectivity index (χ1v) is 4.50. The molecule has 0 unspecified atom stereocenters. The number of carboxylic acid groups (broad SMARTS) is 1. The summed E-state index contributed by atoms with van der Waals surface area (Å²) >= 11 is 3.65. The van der Waals surface area contributed by atoms with E-state index in [4.69, 9.17) is 28.4 Å². The number of rotatable bonds is 2. The van der Waals surface area contributed by atoms with E-state index in [9.17, 15) is 4.79 Å². The molecule has 5 N–H and O–H groups in total. The van der Waals surface area contributed by atoms with Gasteiger partial charge in [0.1, 0.15) is 6.04 Å². The van der Waals surface area contributed by atoms with Crippen LogP contribution in [0.4, 0.5) is 0 Å². The van der Waals surface area contributed by atoms with Crippen LogP contribution in [0.5, 0.6) is 0 Å². The normalized spacial score (nSPS) is 12.7. The fourth-order valence-corrected chi connectivity index (χ4v) is 0.234. The molecule has 0 aliphatic heterocycles. The highest BCUT2D eigenvalue weighted by atomic mass is 32.3. The van der Waals surface area contributed by atoms with Gasteiger partial charge in [0.2, 0.25) is 0 Å². The molecule has 0 bridgehead atoms. The van der Waals surface area contributed by atoms with Gasteiger partial charge in [0, 0.05) is 5.75 Å². The van der Waals surface area contributed by atoms with Crippen molar-refractivity contribution in [3.05, 3.63) is 0 Å². The SMILES string of the molecule is N[C@@H](CS)C(=O)O.O=S(=O)(O)O. The molecule has 0 fully saturated rings. The van der Waals surface area contributed by atoms with E-state index in [0.29, 0.717) is 0 Å². The fourth-order valence-electron chi connectivity index (χ4n) is 0.0781. The minimum absolute atomic E-state index is 0.190. The molecule has 0 radical (unpaired) electrons. The van der Waals surface area contributed by atoms with Crippen LogP contribution in [-0.2, 0) is 15.2 Å². The molecule has 0 saturated carbocycles. The van der Waals surface area contributed by atoms with Crippen molar-refractivity contribution in [2.24, 2.45) is 5.73 Å². The van der Waals surface area contributed by atoms with Crippen LogP contribution in [0.25, 0.3) is 0 Å². The molecule has 0 aromatic heterocycles. The summed E-state index contributed by atoms with van der Waals surface area (Å²) in [6.07, 6.45) is 0. The minimum atomic E-state index is -4.67. The van der Waals surface area contributed by atoms with Crippen LogP contribution in [0.3, 0.4) is 0 Å². The van der Waals surface area contributed by atoms with Crippen LogP contribution in [0, 0.1) is 0 Å². The van der Waals surface area contributed by atoms with Gasteiger partial charge in [-0.1, -0.05) is 0 Å². The Labute approximate surface area is 74.6 Å². The van der Waals surface area contributed by atoms with Gasteiger partial charge in [-0.3, -0.25) is 13.9 Å². The van der Waals surface area contributed by atoms with Gasteiger partial charge in [0.15, 0.2) is 0 Å². The number of aliphatic carboxylic acids is 1. The van der Waals surface area contributed by atoms with Gasteiger partial charge in [-0.2, -0.15) is 21.0 Å². The average Bonchev–Trinajstić information content (AvgIpc) is 1.82. The summed E-state index contributed by atoms with van der Waals surface area (Å²) in [4.78, 5) is 9.76. The van der Waals surface area contributed by atoms with Crippen LogP contribution < -0.4 is 5.73 Å². The van der Waals surface area contributed by atoms with Gasteiger partial charge in [-0.05, 0) is 0 Å². The van der Waals surface area contributed by atoms with Crippen LogP contribution in [0.2, 0.25) is 0 Å². The second-order valence-corrected chi connectivity index (χ2v) is 2.84. The lowest BCUT2D eigenvalue weighted by Gasteiger charge is -1.96. The summed E-state index contributed by atoms with van der Waals surface area (Å²) in [5.74, 6) is -0.815. The summed E-state index contributed by atoms with van der Waals surface area (Å²) in [6, 6.07) is -0.816. The monoisotopic (exact) mass is 219 g/mol. The lowest BCUT2D eigenvalue weighted by Crippen LogP contribution is -2.31. The highest BCUT2D eigenvalue weighted by Crippen LogP contribution is 1.80. The van der Waals surface area contributed by atoms with Crippen LogP contribution in [-0.4, -0.2) is 40.4 Å². The minimum Gasteiger partial charge on any atom is -0.480 e. The Hall–Kier alpha value is -0.350. The maximum Gasteiger partial charge on any atom is 0.394 e. The van der Waals surface area contributed by atoms with Gasteiger partial charge in [-0.25, -0.2) is 0 Å². The molecule has 0 aromatic carbocycles. The van der Waals surface area contributed by atoms with Crippen molar-refractivity contribution in [2.45, 2.75) is 6.04 Å². The summed E-state index contributed by atoms with van der Waals surface area (Å²) in [6.45, 7) is 0. The molecular weight excluding hydrogens is 210 g/mol. The zero-order chi connectivity index (χ0) is 10.4. The van der Waals surface area contributed by atoms with Gasteiger partial charge < -0.3 is 10.8 Å². The van der Waals surface area contributed by atoms with Gasteiger partial charge >= 0.3 is 16.4 Å². The van der Waals surface area contributed by atoms with Crippen molar-refractivity contribution in [3.63, 3.8) is 0 Å². The number of thiol groups is 1. The van der Waals surface area contributed by atoms with Crippen molar-refractivity contribution >= 4 is 29.0 Å². The van der Waals surface area contributed by atoms with E-state index in [2.05, 4.69) is 12.6 Å². The van der Waals surface area contributed by atoms with Gasteiger partial charge in [0.05, 0.1) is 0 Å². The highest BCUT2D eigenvalue weighted by molar-refractivity contribution is 7.80. The fraction of sp³-hybridized carbons (Fsp3) is 0.667. The van der Waals surface area contributed by atoms with Crippen LogP contribution >= 0.6 is 12.6 Å². The summed E-state index contributed by atoms with van der Waals surface area (Å²) in [7, 11) is -4.67. The van der Waals surface area contributed by atoms with Crippen molar-refractivity contribution in [1.82, 2.24) is 0 Å². The van der Waals surface area contributed by atoms with E-state index >= 15 is 0 Å². The predicted octanol–water partition coefficient (Wildman–Crippen LogP) is -1.32. The number of hydrogen-bond acceptors (Lipinski definition) is 5. The highest BCUT2D eigenvalue weighted by Gasteiger charge is 2.06. The molecular formula is C3H9NO6S2. The van der Waals surface area contributed by atoms with E-state index in [1.165, 1.54) is 0 Å². The molecule has 9 heteroatoms. The molecule has 0 rings (SSSR count). The second kappa shape index (κ2) is 6.20. The Kier molecular flexibility index (Phi) is 7.33. The largest absolute Gasteiger partial charge is 0.480 e. The zero-order valence-electron chi connectivity index (χ0n) is 5.78. The molecule has 0 saturated heterocycles. The van der Waals surface area contributed by atoms with E-state index in [1.54, 1.807) is 0 Å². The number of hydrogen-bond donors (Lipinski definition) is 5. The first kappa shape index (κ1) is 14.2. The molecule has 74 valence electrons. The third-order valence-corrected chi connectivity index (χ3v) is 0.907. The predicted molar refractivity (Wildman–Crippen MR) is 43.6 cm³/mol. The Balaban J connectivity index is 0. The van der Waals surface area contributed by atoms with Crippen molar-refractivity contribution in [3.8, 4) is 0 Å². The molecule has 0 aromatic rings. The third kappa shape index (κ3) is 22.6. The quantitative estimate of drug-likeness (QED) is 0.286. The van der Waals surface area contributed by atoms with Gasteiger partial charge in [-0.15, -0.1) is 0 Å². The van der Waals surface area contributed by atoms with Gasteiger partial charge in [0.25, 0.3) is 0 Å². The Morgan fingerprint density at radius 3 is 1.75 bits per heavy atom. The summed E-state index contributed by atoms with van der Waals surface area (Å²) < 4.78 is 31.6. The second-order valence-electron chi connectivity index (χ2n) is 1.58.